The summed E-state index contributed by atoms with van der Waals surface area (Å²) in [5, 5.41) is 9.49. The number of anilines is 1. The summed E-state index contributed by atoms with van der Waals surface area (Å²) in [5.41, 5.74) is 6.76. The zero-order valence-corrected chi connectivity index (χ0v) is 13.5. The fraction of sp³-hybridized carbons (Fsp3) is 0.118. The minimum Gasteiger partial charge on any atom is -0.493 e. The van der Waals surface area contributed by atoms with Crippen molar-refractivity contribution in [2.75, 3.05) is 12.3 Å². The van der Waals surface area contributed by atoms with Crippen LogP contribution in [0.1, 0.15) is 27.7 Å². The number of aromatic nitrogens is 1. The average Bonchev–Trinajstić information content (AvgIpc) is 2.92. The van der Waals surface area contributed by atoms with Gasteiger partial charge >= 0.3 is 0 Å². The van der Waals surface area contributed by atoms with E-state index in [1.807, 2.05) is 6.07 Å². The lowest BCUT2D eigenvalue weighted by atomic mass is 10.1. The van der Waals surface area contributed by atoms with E-state index >= 15 is 0 Å². The van der Waals surface area contributed by atoms with Gasteiger partial charge in [-0.05, 0) is 31.2 Å². The number of nitrogen functional groups attached to an aromatic ring is 1. The van der Waals surface area contributed by atoms with E-state index in [9.17, 15) is 9.18 Å². The van der Waals surface area contributed by atoms with E-state index in [-0.39, 0.29) is 16.1 Å². The number of nitriles is 1. The lowest BCUT2D eigenvalue weighted by molar-refractivity contribution is 0.103. The van der Waals surface area contributed by atoms with Crippen LogP contribution >= 0.6 is 11.3 Å². The van der Waals surface area contributed by atoms with Crippen LogP contribution in [-0.4, -0.2) is 17.4 Å². The minimum absolute atomic E-state index is 0.107. The first-order chi connectivity index (χ1) is 11.5. The van der Waals surface area contributed by atoms with Crippen LogP contribution in [0.4, 0.5) is 10.1 Å². The highest BCUT2D eigenvalue weighted by atomic mass is 32.1. The number of ether oxygens (including phenoxy) is 1. The number of hydrogen-bond donors (Lipinski definition) is 1. The number of nitrogens with two attached hydrogens (primary N) is 1. The monoisotopic (exact) mass is 341 g/mol. The van der Waals surface area contributed by atoms with E-state index in [1.54, 1.807) is 13.0 Å². The van der Waals surface area contributed by atoms with Gasteiger partial charge in [-0.25, -0.2) is 9.37 Å². The number of rotatable bonds is 4. The fourth-order valence-corrected chi connectivity index (χ4v) is 3.31. The normalized spacial score (nSPS) is 10.5. The van der Waals surface area contributed by atoms with Crippen molar-refractivity contribution in [1.82, 2.24) is 4.98 Å². The Morgan fingerprint density at radius 2 is 2.25 bits per heavy atom. The highest BCUT2D eigenvalue weighted by molar-refractivity contribution is 7.21. The highest BCUT2D eigenvalue weighted by Crippen LogP contribution is 2.36. The lowest BCUT2D eigenvalue weighted by Gasteiger charge is -2.09. The Bertz CT molecular complexity index is 991. The molecule has 2 heterocycles. The molecule has 3 rings (SSSR count). The van der Waals surface area contributed by atoms with E-state index in [0.29, 0.717) is 28.1 Å². The van der Waals surface area contributed by atoms with Crippen molar-refractivity contribution in [3.63, 3.8) is 0 Å². The van der Waals surface area contributed by atoms with Gasteiger partial charge in [-0.2, -0.15) is 5.26 Å². The van der Waals surface area contributed by atoms with Gasteiger partial charge in [0.2, 0.25) is 5.78 Å². The molecule has 0 saturated carbocycles. The number of carbonyl (C=O) groups is 1. The number of thiophene rings is 1. The first-order valence-electron chi connectivity index (χ1n) is 7.10. The van der Waals surface area contributed by atoms with Gasteiger partial charge in [0.15, 0.2) is 0 Å². The maximum atomic E-state index is 13.6. The predicted octanol–water partition coefficient (Wildman–Crippen LogP) is 3.52. The SMILES string of the molecule is CCOc1ccc(F)cc1C(=O)c1sc2ncc(C#N)cc2c1N. The van der Waals surface area contributed by atoms with Gasteiger partial charge in [-0.1, -0.05) is 0 Å². The number of pyridine rings is 1. The molecule has 0 bridgehead atoms. The van der Waals surface area contributed by atoms with Crippen LogP contribution in [0.5, 0.6) is 5.75 Å². The molecule has 0 saturated heterocycles. The summed E-state index contributed by atoms with van der Waals surface area (Å²) >= 11 is 1.11. The molecule has 1 aromatic carbocycles. The molecule has 0 atom stereocenters. The van der Waals surface area contributed by atoms with Crippen LogP contribution in [0.3, 0.4) is 0 Å². The Morgan fingerprint density at radius 1 is 1.46 bits per heavy atom. The quantitative estimate of drug-likeness (QED) is 0.733. The van der Waals surface area contributed by atoms with Crippen molar-refractivity contribution in [3.05, 3.63) is 52.3 Å². The Kier molecular flexibility index (Phi) is 4.15. The highest BCUT2D eigenvalue weighted by Gasteiger charge is 2.22. The van der Waals surface area contributed by atoms with E-state index in [2.05, 4.69) is 4.98 Å². The fourth-order valence-electron chi connectivity index (χ4n) is 2.31. The molecule has 0 aliphatic heterocycles. The van der Waals surface area contributed by atoms with Crippen LogP contribution in [0.15, 0.2) is 30.5 Å². The molecule has 24 heavy (non-hydrogen) atoms. The molecular formula is C17H12FN3O2S. The van der Waals surface area contributed by atoms with Crippen LogP contribution in [-0.2, 0) is 0 Å². The van der Waals surface area contributed by atoms with Crippen LogP contribution in [0.25, 0.3) is 10.2 Å². The topological polar surface area (TPSA) is 89.0 Å². The van der Waals surface area contributed by atoms with Crippen LogP contribution < -0.4 is 10.5 Å². The summed E-state index contributed by atoms with van der Waals surface area (Å²) < 4.78 is 19.0. The molecule has 120 valence electrons. The molecule has 0 amide bonds. The molecule has 0 radical (unpaired) electrons. The summed E-state index contributed by atoms with van der Waals surface area (Å²) in [5.74, 6) is -0.672. The van der Waals surface area contributed by atoms with Gasteiger partial charge in [0.1, 0.15) is 27.3 Å². The maximum Gasteiger partial charge on any atom is 0.208 e. The summed E-state index contributed by atoms with van der Waals surface area (Å²) in [7, 11) is 0. The number of hydrogen-bond acceptors (Lipinski definition) is 6. The largest absolute Gasteiger partial charge is 0.493 e. The van der Waals surface area contributed by atoms with Gasteiger partial charge < -0.3 is 10.5 Å². The molecule has 5 nitrogen and oxygen atoms in total. The molecular weight excluding hydrogens is 329 g/mol. The van der Waals surface area contributed by atoms with Crippen molar-refractivity contribution in [2.24, 2.45) is 0 Å². The van der Waals surface area contributed by atoms with Gasteiger partial charge in [0, 0.05) is 11.6 Å². The third kappa shape index (κ3) is 2.68. The van der Waals surface area contributed by atoms with Crippen LogP contribution in [0.2, 0.25) is 0 Å². The van der Waals surface area contributed by atoms with Crippen LogP contribution in [0, 0.1) is 17.1 Å². The third-order valence-corrected chi connectivity index (χ3v) is 4.53. The first-order valence-corrected chi connectivity index (χ1v) is 7.92. The van der Waals surface area contributed by atoms with Crippen molar-refractivity contribution < 1.29 is 13.9 Å². The number of carbonyl (C=O) groups excluding carboxylic acids is 1. The molecule has 0 aliphatic carbocycles. The molecule has 0 spiro atoms. The summed E-state index contributed by atoms with van der Waals surface area (Å²) in [4.78, 5) is 17.8. The number of benzene rings is 1. The molecule has 0 unspecified atom stereocenters. The number of fused-ring (bicyclic) bond motifs is 1. The zero-order valence-electron chi connectivity index (χ0n) is 12.7. The second-order valence-corrected chi connectivity index (χ2v) is 5.94. The molecule has 3 aromatic rings. The zero-order chi connectivity index (χ0) is 17.3. The van der Waals surface area contributed by atoms with Crippen molar-refractivity contribution in [1.29, 1.82) is 5.26 Å². The van der Waals surface area contributed by atoms with Gasteiger partial charge in [0.25, 0.3) is 0 Å². The van der Waals surface area contributed by atoms with Crippen molar-refractivity contribution >= 4 is 33.0 Å². The maximum absolute atomic E-state index is 13.6. The summed E-state index contributed by atoms with van der Waals surface area (Å²) in [6.07, 6.45) is 1.42. The molecule has 2 aromatic heterocycles. The summed E-state index contributed by atoms with van der Waals surface area (Å²) in [6, 6.07) is 7.35. The Morgan fingerprint density at radius 3 is 2.96 bits per heavy atom. The number of ketones is 1. The summed E-state index contributed by atoms with van der Waals surface area (Å²) in [6.45, 7) is 2.12. The predicted molar refractivity (Wildman–Crippen MR) is 89.7 cm³/mol. The standard InChI is InChI=1S/C17H12FN3O2S/c1-2-23-13-4-3-10(18)6-11(13)15(22)16-14(20)12-5-9(7-19)8-21-17(12)24-16/h3-6,8H,2,20H2,1H3. The van der Waals surface area contributed by atoms with E-state index in [4.69, 9.17) is 15.7 Å². The lowest BCUT2D eigenvalue weighted by Crippen LogP contribution is -2.06. The Balaban J connectivity index is 2.14. The number of nitrogens with zero attached hydrogens (tertiary/aromatic N) is 2. The number of halogens is 1. The Labute approximate surface area is 141 Å². The van der Waals surface area contributed by atoms with Gasteiger partial charge in [-0.3, -0.25) is 4.79 Å². The van der Waals surface area contributed by atoms with Gasteiger partial charge in [-0.15, -0.1) is 11.3 Å². The molecule has 0 fully saturated rings. The first kappa shape index (κ1) is 15.9. The smallest absolute Gasteiger partial charge is 0.208 e. The van der Waals surface area contributed by atoms with Crippen molar-refractivity contribution in [3.8, 4) is 11.8 Å². The second-order valence-electron chi connectivity index (χ2n) is 4.94. The molecule has 0 aliphatic rings. The van der Waals surface area contributed by atoms with E-state index < -0.39 is 11.6 Å². The van der Waals surface area contributed by atoms with E-state index in [1.165, 1.54) is 18.3 Å². The minimum atomic E-state index is -0.536. The molecule has 7 heteroatoms. The van der Waals surface area contributed by atoms with Crippen molar-refractivity contribution in [2.45, 2.75) is 6.92 Å². The third-order valence-electron chi connectivity index (χ3n) is 3.41. The Hall–Kier alpha value is -2.98. The average molecular weight is 341 g/mol. The van der Waals surface area contributed by atoms with Gasteiger partial charge in [0.05, 0.1) is 23.4 Å². The second kappa shape index (κ2) is 6.26. The van der Waals surface area contributed by atoms with E-state index in [0.717, 1.165) is 17.4 Å². The molecule has 2 N–H and O–H groups in total.